The zero-order valence-electron chi connectivity index (χ0n) is 9.08. The van der Waals surface area contributed by atoms with Crippen molar-refractivity contribution >= 4 is 6.03 Å². The number of rotatable bonds is 2. The van der Waals surface area contributed by atoms with Crippen LogP contribution in [0.4, 0.5) is 4.79 Å². The van der Waals surface area contributed by atoms with Crippen LogP contribution in [0, 0.1) is 0 Å². The van der Waals surface area contributed by atoms with Gasteiger partial charge >= 0.3 is 6.03 Å². The molecule has 0 atom stereocenters. The van der Waals surface area contributed by atoms with Gasteiger partial charge in [-0.25, -0.2) is 4.79 Å². The smallest absolute Gasteiger partial charge is 0.320 e. The van der Waals surface area contributed by atoms with Crippen LogP contribution in [0.25, 0.3) is 0 Å². The molecule has 1 saturated heterocycles. The molecule has 0 saturated carbocycles. The van der Waals surface area contributed by atoms with Crippen molar-refractivity contribution < 1.29 is 4.79 Å². The second kappa shape index (κ2) is 3.99. The Morgan fingerprint density at radius 2 is 1.38 bits per heavy atom. The highest BCUT2D eigenvalue weighted by Crippen LogP contribution is 2.14. The number of hydrogen-bond acceptors (Lipinski definition) is 1. The van der Waals surface area contributed by atoms with E-state index in [4.69, 9.17) is 0 Å². The van der Waals surface area contributed by atoms with Gasteiger partial charge in [-0.3, -0.25) is 0 Å². The summed E-state index contributed by atoms with van der Waals surface area (Å²) in [6.45, 7) is 10.1. The first kappa shape index (κ1) is 10.4. The second-order valence-corrected chi connectivity index (χ2v) is 4.21. The highest BCUT2D eigenvalue weighted by molar-refractivity contribution is 5.75. The summed E-state index contributed by atoms with van der Waals surface area (Å²) in [6.07, 6.45) is 1.10. The first-order chi connectivity index (χ1) is 6.04. The summed E-state index contributed by atoms with van der Waals surface area (Å²) >= 11 is 0. The molecule has 1 aliphatic rings. The third-order valence-electron chi connectivity index (χ3n) is 2.54. The van der Waals surface area contributed by atoms with Crippen molar-refractivity contribution in [2.45, 2.75) is 46.2 Å². The minimum atomic E-state index is 0.205. The van der Waals surface area contributed by atoms with E-state index in [1.165, 1.54) is 0 Å². The van der Waals surface area contributed by atoms with Gasteiger partial charge in [0.25, 0.3) is 0 Å². The summed E-state index contributed by atoms with van der Waals surface area (Å²) in [5, 5.41) is 0. The van der Waals surface area contributed by atoms with Gasteiger partial charge in [-0.15, -0.1) is 0 Å². The summed E-state index contributed by atoms with van der Waals surface area (Å²) in [4.78, 5) is 15.8. The Balaban J connectivity index is 2.66. The maximum Gasteiger partial charge on any atom is 0.320 e. The highest BCUT2D eigenvalue weighted by atomic mass is 16.2. The molecule has 2 amide bonds. The van der Waals surface area contributed by atoms with Gasteiger partial charge in [-0.1, -0.05) is 0 Å². The number of carbonyl (C=O) groups excluding carboxylic acids is 1. The molecule has 0 bridgehead atoms. The van der Waals surface area contributed by atoms with Crippen LogP contribution in [0.3, 0.4) is 0 Å². The molecule has 1 rings (SSSR count). The molecule has 1 fully saturated rings. The van der Waals surface area contributed by atoms with Crippen molar-refractivity contribution in [3.05, 3.63) is 0 Å². The third kappa shape index (κ3) is 2.14. The minimum absolute atomic E-state index is 0.205. The van der Waals surface area contributed by atoms with Gasteiger partial charge < -0.3 is 9.80 Å². The van der Waals surface area contributed by atoms with Crippen molar-refractivity contribution in [3.63, 3.8) is 0 Å². The largest absolute Gasteiger partial charge is 0.322 e. The molecule has 3 heteroatoms. The fourth-order valence-corrected chi connectivity index (χ4v) is 1.73. The zero-order valence-corrected chi connectivity index (χ0v) is 9.08. The number of urea groups is 1. The molecule has 0 N–H and O–H groups in total. The standard InChI is InChI=1S/C10H20N2O/c1-8(2)11-6-5-7-12(9(3)4)10(11)13/h8-9H,5-7H2,1-4H3. The quantitative estimate of drug-likeness (QED) is 0.643. The van der Waals surface area contributed by atoms with Crippen molar-refractivity contribution in [3.8, 4) is 0 Å². The van der Waals surface area contributed by atoms with E-state index >= 15 is 0 Å². The Bertz CT molecular complexity index is 171. The van der Waals surface area contributed by atoms with Crippen LogP contribution < -0.4 is 0 Å². The molecule has 1 aliphatic heterocycles. The lowest BCUT2D eigenvalue weighted by atomic mass is 10.2. The molecule has 76 valence electrons. The predicted octanol–water partition coefficient (Wildman–Crippen LogP) is 1.93. The van der Waals surface area contributed by atoms with E-state index in [9.17, 15) is 4.79 Å². The van der Waals surface area contributed by atoms with Crippen molar-refractivity contribution in [1.29, 1.82) is 0 Å². The molecule has 1 heterocycles. The van der Waals surface area contributed by atoms with Crippen LogP contribution >= 0.6 is 0 Å². The predicted molar refractivity (Wildman–Crippen MR) is 53.7 cm³/mol. The van der Waals surface area contributed by atoms with Gasteiger partial charge in [0.1, 0.15) is 0 Å². The van der Waals surface area contributed by atoms with Crippen LogP contribution in [-0.2, 0) is 0 Å². The van der Waals surface area contributed by atoms with E-state index in [0.717, 1.165) is 19.5 Å². The number of carbonyl (C=O) groups is 1. The SMILES string of the molecule is CC(C)N1CCCN(C(C)C)C1=O. The molecule has 0 radical (unpaired) electrons. The van der Waals surface area contributed by atoms with Crippen LogP contribution in [-0.4, -0.2) is 41.0 Å². The zero-order chi connectivity index (χ0) is 10.0. The molecule has 0 unspecified atom stereocenters. The maximum atomic E-state index is 11.9. The average Bonchev–Trinajstić information content (AvgIpc) is 2.03. The fraction of sp³-hybridized carbons (Fsp3) is 0.900. The Kier molecular flexibility index (Phi) is 3.17. The fourth-order valence-electron chi connectivity index (χ4n) is 1.73. The van der Waals surface area contributed by atoms with Crippen molar-refractivity contribution in [2.24, 2.45) is 0 Å². The topological polar surface area (TPSA) is 23.6 Å². The number of nitrogens with zero attached hydrogens (tertiary/aromatic N) is 2. The van der Waals surface area contributed by atoms with Crippen molar-refractivity contribution in [2.75, 3.05) is 13.1 Å². The van der Waals surface area contributed by atoms with Crippen LogP contribution in [0.2, 0.25) is 0 Å². The normalized spacial score (nSPS) is 19.1. The van der Waals surface area contributed by atoms with Gasteiger partial charge in [0, 0.05) is 25.2 Å². The Hall–Kier alpha value is -0.730. The van der Waals surface area contributed by atoms with E-state index < -0.39 is 0 Å². The lowest BCUT2D eigenvalue weighted by molar-refractivity contribution is 0.103. The molecule has 0 aromatic heterocycles. The summed E-state index contributed by atoms with van der Waals surface area (Å²) in [5.41, 5.74) is 0. The molecule has 0 aliphatic carbocycles. The van der Waals surface area contributed by atoms with Gasteiger partial charge in [0.2, 0.25) is 0 Å². The summed E-state index contributed by atoms with van der Waals surface area (Å²) in [6, 6.07) is 0.861. The molecule has 13 heavy (non-hydrogen) atoms. The van der Waals surface area contributed by atoms with Crippen molar-refractivity contribution in [1.82, 2.24) is 9.80 Å². The molecule has 0 aromatic rings. The lowest BCUT2D eigenvalue weighted by Crippen LogP contribution is -2.53. The first-order valence-electron chi connectivity index (χ1n) is 5.11. The molecule has 0 aromatic carbocycles. The Morgan fingerprint density at radius 1 is 1.00 bits per heavy atom. The molecule has 0 spiro atoms. The van der Waals surface area contributed by atoms with E-state index in [1.54, 1.807) is 0 Å². The van der Waals surface area contributed by atoms with Gasteiger partial charge in [0.15, 0.2) is 0 Å². The number of hydrogen-bond donors (Lipinski definition) is 0. The van der Waals surface area contributed by atoms with Gasteiger partial charge in [-0.2, -0.15) is 0 Å². The first-order valence-corrected chi connectivity index (χ1v) is 5.11. The monoisotopic (exact) mass is 184 g/mol. The maximum absolute atomic E-state index is 11.9. The Labute approximate surface area is 80.7 Å². The molecular formula is C10H20N2O. The van der Waals surface area contributed by atoms with E-state index in [1.807, 2.05) is 9.80 Å². The third-order valence-corrected chi connectivity index (χ3v) is 2.54. The lowest BCUT2D eigenvalue weighted by Gasteiger charge is -2.39. The van der Waals surface area contributed by atoms with Crippen LogP contribution in [0.1, 0.15) is 34.1 Å². The molecule has 3 nitrogen and oxygen atoms in total. The van der Waals surface area contributed by atoms with E-state index in [0.29, 0.717) is 12.1 Å². The van der Waals surface area contributed by atoms with Crippen LogP contribution in [0.15, 0.2) is 0 Å². The highest BCUT2D eigenvalue weighted by Gasteiger charge is 2.28. The van der Waals surface area contributed by atoms with Gasteiger partial charge in [-0.05, 0) is 34.1 Å². The van der Waals surface area contributed by atoms with E-state index in [-0.39, 0.29) is 6.03 Å². The average molecular weight is 184 g/mol. The minimum Gasteiger partial charge on any atom is -0.322 e. The molecular weight excluding hydrogens is 164 g/mol. The summed E-state index contributed by atoms with van der Waals surface area (Å²) < 4.78 is 0. The Morgan fingerprint density at radius 3 is 1.69 bits per heavy atom. The van der Waals surface area contributed by atoms with Crippen LogP contribution in [0.5, 0.6) is 0 Å². The summed E-state index contributed by atoms with van der Waals surface area (Å²) in [5.74, 6) is 0. The van der Waals surface area contributed by atoms with Gasteiger partial charge in [0.05, 0.1) is 0 Å². The van der Waals surface area contributed by atoms with E-state index in [2.05, 4.69) is 27.7 Å². The second-order valence-electron chi connectivity index (χ2n) is 4.21. The number of amides is 2. The summed E-state index contributed by atoms with van der Waals surface area (Å²) in [7, 11) is 0.